The summed E-state index contributed by atoms with van der Waals surface area (Å²) in [5, 5.41) is 0. The van der Waals surface area contributed by atoms with E-state index in [1.807, 2.05) is 12.1 Å². The van der Waals surface area contributed by atoms with E-state index in [1.54, 1.807) is 18.9 Å². The van der Waals surface area contributed by atoms with Gasteiger partial charge in [0.2, 0.25) is 0 Å². The summed E-state index contributed by atoms with van der Waals surface area (Å²) in [4.78, 5) is 2.49. The van der Waals surface area contributed by atoms with Crippen LogP contribution in [0.4, 0.5) is 0 Å². The molecule has 0 spiro atoms. The van der Waals surface area contributed by atoms with Crippen LogP contribution in [0.25, 0.3) is 0 Å². The summed E-state index contributed by atoms with van der Waals surface area (Å²) < 4.78 is 5.16. The van der Waals surface area contributed by atoms with Gasteiger partial charge in [0.25, 0.3) is 0 Å². The van der Waals surface area contributed by atoms with Gasteiger partial charge in [-0.2, -0.15) is 0 Å². The molecule has 0 saturated heterocycles. The van der Waals surface area contributed by atoms with Gasteiger partial charge in [0, 0.05) is 9.79 Å². The highest BCUT2D eigenvalue weighted by molar-refractivity contribution is 7.99. The third kappa shape index (κ3) is 3.77. The minimum atomic E-state index is 0.212. The van der Waals surface area contributed by atoms with E-state index in [1.165, 1.54) is 15.4 Å². The van der Waals surface area contributed by atoms with Gasteiger partial charge in [-0.1, -0.05) is 44.7 Å². The van der Waals surface area contributed by atoms with Gasteiger partial charge in [-0.3, -0.25) is 0 Å². The molecular weight excluding hydrogens is 252 g/mol. The predicted molar refractivity (Wildman–Crippen MR) is 82.3 cm³/mol. The van der Waals surface area contributed by atoms with Crippen molar-refractivity contribution in [2.24, 2.45) is 0 Å². The van der Waals surface area contributed by atoms with Crippen LogP contribution in [0.3, 0.4) is 0 Å². The lowest BCUT2D eigenvalue weighted by Gasteiger charge is -2.19. The fourth-order valence-electron chi connectivity index (χ4n) is 1.80. The first-order valence-electron chi connectivity index (χ1n) is 6.41. The van der Waals surface area contributed by atoms with Gasteiger partial charge in [-0.05, 0) is 47.4 Å². The van der Waals surface area contributed by atoms with Gasteiger partial charge in [-0.15, -0.1) is 0 Å². The summed E-state index contributed by atoms with van der Waals surface area (Å²) in [5.41, 5.74) is 1.58. The lowest BCUT2D eigenvalue weighted by Crippen LogP contribution is -2.10. The van der Waals surface area contributed by atoms with Crippen LogP contribution in [0.2, 0.25) is 0 Å². The second kappa shape index (κ2) is 5.70. The van der Waals surface area contributed by atoms with Gasteiger partial charge in [0.1, 0.15) is 5.75 Å². The van der Waals surface area contributed by atoms with Crippen molar-refractivity contribution in [3.63, 3.8) is 0 Å². The third-order valence-corrected chi connectivity index (χ3v) is 4.03. The zero-order valence-electron chi connectivity index (χ0n) is 11.9. The second-order valence-corrected chi connectivity index (χ2v) is 6.70. The summed E-state index contributed by atoms with van der Waals surface area (Å²) >= 11 is 1.77. The van der Waals surface area contributed by atoms with Crippen LogP contribution >= 0.6 is 11.8 Å². The van der Waals surface area contributed by atoms with Crippen molar-refractivity contribution in [3.05, 3.63) is 54.1 Å². The van der Waals surface area contributed by atoms with Crippen molar-refractivity contribution in [2.75, 3.05) is 7.11 Å². The van der Waals surface area contributed by atoms with E-state index in [0.29, 0.717) is 0 Å². The lowest BCUT2D eigenvalue weighted by atomic mass is 9.87. The van der Waals surface area contributed by atoms with Crippen LogP contribution in [-0.4, -0.2) is 7.11 Å². The predicted octanol–water partition coefficient (Wildman–Crippen LogP) is 5.14. The molecule has 100 valence electrons. The molecule has 0 atom stereocenters. The summed E-state index contributed by atoms with van der Waals surface area (Å²) in [5.74, 6) is 0.896. The second-order valence-electron chi connectivity index (χ2n) is 5.55. The van der Waals surface area contributed by atoms with E-state index in [9.17, 15) is 0 Å². The zero-order chi connectivity index (χ0) is 13.9. The molecule has 19 heavy (non-hydrogen) atoms. The molecule has 0 heterocycles. The number of rotatable bonds is 3. The Morgan fingerprint density at radius 3 is 1.68 bits per heavy atom. The summed E-state index contributed by atoms with van der Waals surface area (Å²) in [6.07, 6.45) is 0. The first-order valence-corrected chi connectivity index (χ1v) is 7.23. The van der Waals surface area contributed by atoms with Crippen molar-refractivity contribution in [3.8, 4) is 5.75 Å². The number of hydrogen-bond donors (Lipinski definition) is 0. The van der Waals surface area contributed by atoms with Crippen LogP contribution < -0.4 is 4.74 Å². The van der Waals surface area contributed by atoms with Crippen molar-refractivity contribution in [1.29, 1.82) is 0 Å². The van der Waals surface area contributed by atoms with Crippen LogP contribution in [0.1, 0.15) is 26.3 Å². The molecule has 2 aromatic carbocycles. The fourth-order valence-corrected chi connectivity index (χ4v) is 2.62. The topological polar surface area (TPSA) is 9.23 Å². The Balaban J connectivity index is 2.10. The minimum absolute atomic E-state index is 0.212. The first-order chi connectivity index (χ1) is 8.99. The molecular formula is C17H20OS. The molecule has 0 amide bonds. The average molecular weight is 272 g/mol. The number of ether oxygens (including phenoxy) is 1. The molecule has 1 nitrogen and oxygen atoms in total. The average Bonchev–Trinajstić information content (AvgIpc) is 2.39. The van der Waals surface area contributed by atoms with Gasteiger partial charge in [0.05, 0.1) is 7.11 Å². The molecule has 0 unspecified atom stereocenters. The number of methoxy groups -OCH3 is 1. The highest BCUT2D eigenvalue weighted by Gasteiger charge is 2.12. The first kappa shape index (κ1) is 14.0. The van der Waals surface area contributed by atoms with Gasteiger partial charge in [-0.25, -0.2) is 0 Å². The molecule has 0 bridgehead atoms. The van der Waals surface area contributed by atoms with E-state index in [0.717, 1.165) is 5.75 Å². The molecule has 2 rings (SSSR count). The van der Waals surface area contributed by atoms with Crippen LogP contribution in [0.15, 0.2) is 58.3 Å². The molecule has 0 aliphatic carbocycles. The normalized spacial score (nSPS) is 11.4. The Labute approximate surface area is 120 Å². The smallest absolute Gasteiger partial charge is 0.118 e. The third-order valence-electron chi connectivity index (χ3n) is 3.02. The van der Waals surface area contributed by atoms with Crippen LogP contribution in [0.5, 0.6) is 5.75 Å². The van der Waals surface area contributed by atoms with Crippen LogP contribution in [0, 0.1) is 0 Å². The van der Waals surface area contributed by atoms with E-state index >= 15 is 0 Å². The summed E-state index contributed by atoms with van der Waals surface area (Å²) in [6.45, 7) is 6.70. The SMILES string of the molecule is COc1ccc(Sc2ccc(C(C)(C)C)cc2)cc1. The van der Waals surface area contributed by atoms with E-state index in [2.05, 4.69) is 57.2 Å². The number of hydrogen-bond acceptors (Lipinski definition) is 2. The molecule has 0 radical (unpaired) electrons. The Hall–Kier alpha value is -1.41. The highest BCUT2D eigenvalue weighted by atomic mass is 32.2. The Morgan fingerprint density at radius 2 is 1.26 bits per heavy atom. The monoisotopic (exact) mass is 272 g/mol. The maximum Gasteiger partial charge on any atom is 0.118 e. The molecule has 0 aliphatic heterocycles. The Kier molecular flexibility index (Phi) is 4.20. The van der Waals surface area contributed by atoms with Crippen LogP contribution in [-0.2, 0) is 5.41 Å². The number of benzene rings is 2. The maximum absolute atomic E-state index is 5.16. The lowest BCUT2D eigenvalue weighted by molar-refractivity contribution is 0.414. The fraction of sp³-hybridized carbons (Fsp3) is 0.294. The van der Waals surface area contributed by atoms with E-state index in [-0.39, 0.29) is 5.41 Å². The van der Waals surface area contributed by atoms with Gasteiger partial charge in [0.15, 0.2) is 0 Å². The maximum atomic E-state index is 5.16. The molecule has 0 saturated carbocycles. The van der Waals surface area contributed by atoms with Crippen molar-refractivity contribution < 1.29 is 4.74 Å². The van der Waals surface area contributed by atoms with Crippen molar-refractivity contribution in [1.82, 2.24) is 0 Å². The minimum Gasteiger partial charge on any atom is -0.497 e. The van der Waals surface area contributed by atoms with Gasteiger partial charge < -0.3 is 4.74 Å². The molecule has 0 aromatic heterocycles. The Morgan fingerprint density at radius 1 is 0.789 bits per heavy atom. The highest BCUT2D eigenvalue weighted by Crippen LogP contribution is 2.31. The molecule has 0 aliphatic rings. The molecule has 2 heteroatoms. The standard InChI is InChI=1S/C17H20OS/c1-17(2,3)13-5-9-15(10-6-13)19-16-11-7-14(18-4)8-12-16/h5-12H,1-4H3. The Bertz CT molecular complexity index is 521. The quantitative estimate of drug-likeness (QED) is 0.764. The molecule has 0 fully saturated rings. The van der Waals surface area contributed by atoms with Crippen molar-refractivity contribution >= 4 is 11.8 Å². The van der Waals surface area contributed by atoms with E-state index in [4.69, 9.17) is 4.74 Å². The summed E-state index contributed by atoms with van der Waals surface area (Å²) in [7, 11) is 1.69. The zero-order valence-corrected chi connectivity index (χ0v) is 12.8. The summed E-state index contributed by atoms with van der Waals surface area (Å²) in [6, 6.07) is 17.0. The van der Waals surface area contributed by atoms with E-state index < -0.39 is 0 Å². The van der Waals surface area contributed by atoms with Crippen molar-refractivity contribution in [2.45, 2.75) is 36.0 Å². The molecule has 0 N–H and O–H groups in total. The largest absolute Gasteiger partial charge is 0.497 e. The molecule has 2 aromatic rings. The van der Waals surface area contributed by atoms with Gasteiger partial charge >= 0.3 is 0 Å².